The van der Waals surface area contributed by atoms with Crippen molar-refractivity contribution in [3.05, 3.63) is 24.3 Å². The average Bonchev–Trinajstić information content (AvgIpc) is 2.38. The Balaban J connectivity index is 2.42. The minimum Gasteiger partial charge on any atom is -0.494 e. The van der Waals surface area contributed by atoms with Crippen LogP contribution in [0.3, 0.4) is 0 Å². The second-order valence-electron chi connectivity index (χ2n) is 3.64. The first kappa shape index (κ1) is 15.8. The molecule has 0 aliphatic carbocycles. The van der Waals surface area contributed by atoms with Crippen LogP contribution in [0.2, 0.25) is 0 Å². The van der Waals surface area contributed by atoms with E-state index in [0.29, 0.717) is 12.3 Å². The smallest absolute Gasteiger partial charge is 0.234 e. The van der Waals surface area contributed by atoms with E-state index in [1.807, 2.05) is 6.92 Å². The van der Waals surface area contributed by atoms with Gasteiger partial charge in [-0.15, -0.1) is 0 Å². The van der Waals surface area contributed by atoms with Gasteiger partial charge >= 0.3 is 0 Å². The number of hydrogen-bond donors (Lipinski definition) is 4. The fourth-order valence-corrected chi connectivity index (χ4v) is 1.79. The summed E-state index contributed by atoms with van der Waals surface area (Å²) >= 11 is 0.942. The van der Waals surface area contributed by atoms with Gasteiger partial charge in [0.2, 0.25) is 5.91 Å². The van der Waals surface area contributed by atoms with Crippen LogP contribution < -0.4 is 21.5 Å². The molecule has 1 rings (SSSR count). The lowest BCUT2D eigenvalue weighted by atomic mass is 10.3. The number of nitrogens with one attached hydrogen (secondary N) is 2. The minimum absolute atomic E-state index is 0.0584. The molecule has 1 aromatic carbocycles. The maximum Gasteiger partial charge on any atom is 0.234 e. The van der Waals surface area contributed by atoms with E-state index in [2.05, 4.69) is 10.3 Å². The van der Waals surface area contributed by atoms with Crippen molar-refractivity contribution < 1.29 is 9.53 Å². The number of thioether (sulfide) groups is 1. The van der Waals surface area contributed by atoms with Gasteiger partial charge in [0.05, 0.1) is 12.4 Å². The Bertz CT molecular complexity index is 497. The molecule has 0 heterocycles. The van der Waals surface area contributed by atoms with E-state index >= 15 is 0 Å². The predicted octanol–water partition coefficient (Wildman–Crippen LogP) is 0.965. The van der Waals surface area contributed by atoms with Crippen LogP contribution in [0.15, 0.2) is 29.3 Å². The monoisotopic (exact) mass is 295 g/mol. The molecule has 0 radical (unpaired) electrons. The number of amidine groups is 1. The standard InChI is InChI=1S/C12H17N5O2S/c1-2-19-9-5-3-8(4-6-9)16-10(18)7-20-12(15)17-11(13)14/h3-6H,2,7H2,1H3,(H,16,18)(H5,13,14,15,17). The molecule has 0 bridgehead atoms. The molecule has 7 nitrogen and oxygen atoms in total. The maximum absolute atomic E-state index is 11.6. The van der Waals surface area contributed by atoms with Crippen molar-refractivity contribution in [1.82, 2.24) is 0 Å². The van der Waals surface area contributed by atoms with E-state index in [1.165, 1.54) is 0 Å². The van der Waals surface area contributed by atoms with Crippen LogP contribution >= 0.6 is 11.8 Å². The predicted molar refractivity (Wildman–Crippen MR) is 82.2 cm³/mol. The third-order valence-electron chi connectivity index (χ3n) is 2.02. The summed E-state index contributed by atoms with van der Waals surface area (Å²) in [4.78, 5) is 15.2. The normalized spacial score (nSPS) is 9.65. The van der Waals surface area contributed by atoms with Gasteiger partial charge in [-0.1, -0.05) is 11.8 Å². The zero-order valence-corrected chi connectivity index (χ0v) is 11.9. The zero-order chi connectivity index (χ0) is 15.0. The number of anilines is 1. The van der Waals surface area contributed by atoms with Gasteiger partial charge in [0.15, 0.2) is 11.1 Å². The zero-order valence-electron chi connectivity index (χ0n) is 11.1. The number of benzene rings is 1. The maximum atomic E-state index is 11.6. The van der Waals surface area contributed by atoms with Crippen LogP contribution in [0.5, 0.6) is 5.75 Å². The van der Waals surface area contributed by atoms with Crippen LogP contribution in [0.25, 0.3) is 0 Å². The van der Waals surface area contributed by atoms with Gasteiger partial charge in [-0.3, -0.25) is 10.2 Å². The highest BCUT2D eigenvalue weighted by molar-refractivity contribution is 8.14. The van der Waals surface area contributed by atoms with E-state index in [0.717, 1.165) is 17.5 Å². The molecule has 0 saturated heterocycles. The number of guanidine groups is 1. The lowest BCUT2D eigenvalue weighted by Gasteiger charge is -2.06. The first-order valence-electron chi connectivity index (χ1n) is 5.85. The molecule has 0 aliphatic rings. The number of carbonyl (C=O) groups is 1. The van der Waals surface area contributed by atoms with Crippen LogP contribution in [-0.2, 0) is 4.79 Å². The van der Waals surface area contributed by atoms with Crippen LogP contribution in [0.1, 0.15) is 6.92 Å². The summed E-state index contributed by atoms with van der Waals surface area (Å²) in [7, 11) is 0. The van der Waals surface area contributed by atoms with E-state index in [4.69, 9.17) is 21.6 Å². The van der Waals surface area contributed by atoms with E-state index in [-0.39, 0.29) is 22.8 Å². The van der Waals surface area contributed by atoms with Crippen molar-refractivity contribution in [2.45, 2.75) is 6.92 Å². The minimum atomic E-state index is -0.241. The fourth-order valence-electron chi connectivity index (χ4n) is 1.28. The molecule has 8 heteroatoms. The van der Waals surface area contributed by atoms with Crippen molar-refractivity contribution in [3.63, 3.8) is 0 Å². The Morgan fingerprint density at radius 1 is 1.40 bits per heavy atom. The van der Waals surface area contributed by atoms with Crippen LogP contribution in [-0.4, -0.2) is 29.4 Å². The molecule has 0 atom stereocenters. The van der Waals surface area contributed by atoms with Gasteiger partial charge < -0.3 is 21.5 Å². The molecule has 0 spiro atoms. The van der Waals surface area contributed by atoms with Crippen LogP contribution in [0, 0.1) is 5.41 Å². The second-order valence-corrected chi connectivity index (χ2v) is 4.60. The third-order valence-corrected chi connectivity index (χ3v) is 2.79. The second kappa shape index (κ2) is 8.05. The number of carbonyl (C=O) groups excluding carboxylic acids is 1. The summed E-state index contributed by atoms with van der Waals surface area (Å²) in [5, 5.41) is 9.98. The summed E-state index contributed by atoms with van der Waals surface area (Å²) < 4.78 is 5.30. The van der Waals surface area contributed by atoms with Gasteiger partial charge in [-0.05, 0) is 31.2 Å². The van der Waals surface area contributed by atoms with E-state index in [1.54, 1.807) is 24.3 Å². The lowest BCUT2D eigenvalue weighted by Crippen LogP contribution is -2.24. The number of ether oxygens (including phenoxy) is 1. The summed E-state index contributed by atoms with van der Waals surface area (Å²) in [6, 6.07) is 7.03. The van der Waals surface area contributed by atoms with Gasteiger partial charge in [-0.2, -0.15) is 4.99 Å². The summed E-state index contributed by atoms with van der Waals surface area (Å²) in [5.74, 6) is 0.363. The molecule has 20 heavy (non-hydrogen) atoms. The highest BCUT2D eigenvalue weighted by atomic mass is 32.2. The van der Waals surface area contributed by atoms with Gasteiger partial charge in [0, 0.05) is 5.69 Å². The number of amides is 1. The number of hydrogen-bond acceptors (Lipinski definition) is 4. The van der Waals surface area contributed by atoms with Gasteiger partial charge in [0.1, 0.15) is 5.75 Å². The molecule has 0 aliphatic heterocycles. The summed E-state index contributed by atoms with van der Waals surface area (Å²) in [6.07, 6.45) is 0. The molecule has 108 valence electrons. The average molecular weight is 295 g/mol. The number of rotatable bonds is 5. The Labute approximate surface area is 121 Å². The van der Waals surface area contributed by atoms with Crippen molar-refractivity contribution in [2.24, 2.45) is 16.5 Å². The van der Waals surface area contributed by atoms with Gasteiger partial charge in [0.25, 0.3) is 0 Å². The molecule has 6 N–H and O–H groups in total. The summed E-state index contributed by atoms with van der Waals surface area (Å²) in [6.45, 7) is 2.49. The Morgan fingerprint density at radius 3 is 2.60 bits per heavy atom. The highest BCUT2D eigenvalue weighted by Crippen LogP contribution is 2.16. The largest absolute Gasteiger partial charge is 0.494 e. The molecule has 0 unspecified atom stereocenters. The SMILES string of the molecule is CCOc1ccc(NC(=O)CSC(=N)N=C(N)N)cc1. The molecule has 1 amide bonds. The van der Waals surface area contributed by atoms with Crippen molar-refractivity contribution in [3.8, 4) is 5.75 Å². The third kappa shape index (κ3) is 6.10. The van der Waals surface area contributed by atoms with Crippen molar-refractivity contribution >= 4 is 34.5 Å². The number of nitrogens with zero attached hydrogens (tertiary/aromatic N) is 1. The van der Waals surface area contributed by atoms with E-state index < -0.39 is 0 Å². The molecular formula is C12H17N5O2S. The van der Waals surface area contributed by atoms with Crippen molar-refractivity contribution in [2.75, 3.05) is 17.7 Å². The fraction of sp³-hybridized carbons (Fsp3) is 0.250. The molecule has 0 fully saturated rings. The van der Waals surface area contributed by atoms with Gasteiger partial charge in [-0.25, -0.2) is 0 Å². The summed E-state index contributed by atoms with van der Waals surface area (Å²) in [5.41, 5.74) is 10.9. The Hall–Kier alpha value is -2.22. The Morgan fingerprint density at radius 2 is 2.05 bits per heavy atom. The molecular weight excluding hydrogens is 278 g/mol. The lowest BCUT2D eigenvalue weighted by molar-refractivity contribution is -0.113. The highest BCUT2D eigenvalue weighted by Gasteiger charge is 2.05. The van der Waals surface area contributed by atoms with Crippen molar-refractivity contribution in [1.29, 1.82) is 5.41 Å². The number of nitrogens with two attached hydrogens (primary N) is 2. The number of aliphatic imine (C=N–C) groups is 1. The Kier molecular flexibility index (Phi) is 6.38. The van der Waals surface area contributed by atoms with E-state index in [9.17, 15) is 4.79 Å². The molecule has 0 aromatic heterocycles. The topological polar surface area (TPSA) is 127 Å². The first-order chi connectivity index (χ1) is 9.51. The molecule has 1 aromatic rings. The van der Waals surface area contributed by atoms with Crippen LogP contribution in [0.4, 0.5) is 5.69 Å². The first-order valence-corrected chi connectivity index (χ1v) is 6.83. The molecule has 0 saturated carbocycles. The quantitative estimate of drug-likeness (QED) is 0.475.